The fourth-order valence-corrected chi connectivity index (χ4v) is 4.27. The number of sulfonamides is 1. The quantitative estimate of drug-likeness (QED) is 0.434. The van der Waals surface area contributed by atoms with Crippen LogP contribution in [0.5, 0.6) is 11.5 Å². The Balaban J connectivity index is 1.59. The maximum atomic E-state index is 12.9. The summed E-state index contributed by atoms with van der Waals surface area (Å²) in [7, 11) is -2.60. The second-order valence-corrected chi connectivity index (χ2v) is 9.16. The van der Waals surface area contributed by atoms with Gasteiger partial charge in [0.1, 0.15) is 11.5 Å². The third kappa shape index (κ3) is 6.89. The van der Waals surface area contributed by atoms with Crippen molar-refractivity contribution in [3.05, 3.63) is 83.9 Å². The Bertz CT molecular complexity index is 1280. The Morgan fingerprint density at radius 1 is 1.00 bits per heavy atom. The second kappa shape index (κ2) is 10.7. The zero-order valence-corrected chi connectivity index (χ0v) is 19.6. The molecule has 0 bridgehead atoms. The van der Waals surface area contributed by atoms with Gasteiger partial charge in [-0.05, 0) is 55.5 Å². The van der Waals surface area contributed by atoms with Crippen molar-refractivity contribution in [3.63, 3.8) is 0 Å². The smallest absolute Gasteiger partial charge is 0.416 e. The lowest BCUT2D eigenvalue weighted by molar-refractivity contribution is -0.137. The van der Waals surface area contributed by atoms with Crippen molar-refractivity contribution < 1.29 is 35.9 Å². The lowest BCUT2D eigenvalue weighted by Crippen LogP contribution is -2.31. The average Bonchev–Trinajstić information content (AvgIpc) is 2.82. The van der Waals surface area contributed by atoms with Crippen LogP contribution in [0.15, 0.2) is 77.7 Å². The fourth-order valence-electron chi connectivity index (χ4n) is 3.22. The molecule has 0 aliphatic rings. The maximum Gasteiger partial charge on any atom is 0.416 e. The fraction of sp³-hybridized carbons (Fsp3) is 0.208. The van der Waals surface area contributed by atoms with Crippen molar-refractivity contribution in [1.82, 2.24) is 5.32 Å². The molecule has 35 heavy (non-hydrogen) atoms. The largest absolute Gasteiger partial charge is 0.496 e. The van der Waals surface area contributed by atoms with Gasteiger partial charge in [-0.3, -0.25) is 9.52 Å². The predicted octanol–water partition coefficient (Wildman–Crippen LogP) is 4.77. The second-order valence-electron chi connectivity index (χ2n) is 7.48. The van der Waals surface area contributed by atoms with Crippen molar-refractivity contribution in [2.45, 2.75) is 24.0 Å². The number of amides is 1. The minimum absolute atomic E-state index is 0.184. The molecular formula is C24H23F3N2O5S. The highest BCUT2D eigenvalue weighted by atomic mass is 32.2. The first-order valence-electron chi connectivity index (χ1n) is 10.3. The molecule has 11 heteroatoms. The molecule has 0 fully saturated rings. The first kappa shape index (κ1) is 25.9. The van der Waals surface area contributed by atoms with Crippen LogP contribution < -0.4 is 19.5 Å². The number of halogens is 3. The number of methoxy groups -OCH3 is 1. The van der Waals surface area contributed by atoms with Gasteiger partial charge in [0.2, 0.25) is 0 Å². The van der Waals surface area contributed by atoms with E-state index >= 15 is 0 Å². The molecular weight excluding hydrogens is 485 g/mol. The maximum absolute atomic E-state index is 12.9. The number of rotatable bonds is 9. The Hall–Kier alpha value is -3.73. The van der Waals surface area contributed by atoms with Crippen LogP contribution in [0.1, 0.15) is 24.1 Å². The molecule has 0 heterocycles. The first-order chi connectivity index (χ1) is 16.5. The van der Waals surface area contributed by atoms with E-state index in [2.05, 4.69) is 10.0 Å². The number of carbonyl (C=O) groups is 1. The molecule has 0 aliphatic heterocycles. The van der Waals surface area contributed by atoms with E-state index in [0.29, 0.717) is 11.8 Å². The average molecular weight is 509 g/mol. The monoisotopic (exact) mass is 508 g/mol. The summed E-state index contributed by atoms with van der Waals surface area (Å²) < 4.78 is 76.5. The van der Waals surface area contributed by atoms with Gasteiger partial charge < -0.3 is 14.8 Å². The minimum atomic E-state index is -4.60. The molecule has 7 nitrogen and oxygen atoms in total. The summed E-state index contributed by atoms with van der Waals surface area (Å²) in [6.07, 6.45) is -4.60. The zero-order chi connectivity index (χ0) is 25.6. The van der Waals surface area contributed by atoms with Gasteiger partial charge in [0.05, 0.1) is 23.6 Å². The van der Waals surface area contributed by atoms with Gasteiger partial charge >= 0.3 is 6.18 Å². The zero-order valence-electron chi connectivity index (χ0n) is 18.8. The molecule has 186 valence electrons. The molecule has 1 unspecified atom stereocenters. The molecule has 1 atom stereocenters. The van der Waals surface area contributed by atoms with Gasteiger partial charge in [-0.25, -0.2) is 8.42 Å². The van der Waals surface area contributed by atoms with Crippen LogP contribution in [-0.2, 0) is 21.0 Å². The van der Waals surface area contributed by atoms with Gasteiger partial charge in [0.15, 0.2) is 6.61 Å². The summed E-state index contributed by atoms with van der Waals surface area (Å²) in [5.74, 6) is 0.478. The van der Waals surface area contributed by atoms with Crippen molar-refractivity contribution in [3.8, 4) is 11.5 Å². The Morgan fingerprint density at radius 2 is 1.69 bits per heavy atom. The molecule has 1 amide bonds. The number of anilines is 1. The van der Waals surface area contributed by atoms with E-state index in [-0.39, 0.29) is 29.0 Å². The Kier molecular flexibility index (Phi) is 7.90. The third-order valence-corrected chi connectivity index (χ3v) is 6.33. The van der Waals surface area contributed by atoms with E-state index in [1.807, 2.05) is 18.2 Å². The van der Waals surface area contributed by atoms with E-state index in [0.717, 1.165) is 17.7 Å². The van der Waals surface area contributed by atoms with E-state index in [1.54, 1.807) is 13.0 Å². The third-order valence-electron chi connectivity index (χ3n) is 4.93. The van der Waals surface area contributed by atoms with Gasteiger partial charge in [0.25, 0.3) is 15.9 Å². The number of carbonyl (C=O) groups excluding carboxylic acids is 1. The summed E-state index contributed by atoms with van der Waals surface area (Å²) in [5.41, 5.74) is -0.396. The molecule has 0 aromatic heterocycles. The molecule has 3 rings (SSSR count). The van der Waals surface area contributed by atoms with Crippen LogP contribution in [0.25, 0.3) is 0 Å². The number of hydrogen-bond donors (Lipinski definition) is 2. The highest BCUT2D eigenvalue weighted by Crippen LogP contribution is 2.31. The predicted molar refractivity (Wildman–Crippen MR) is 124 cm³/mol. The van der Waals surface area contributed by atoms with Crippen LogP contribution in [0.4, 0.5) is 18.9 Å². The highest BCUT2D eigenvalue weighted by Gasteiger charge is 2.30. The molecule has 0 saturated carbocycles. The molecule has 3 aromatic carbocycles. The SMILES string of the molecule is COc1ccccc1C(C)NC(=O)COc1ccc(S(=O)(=O)Nc2cccc(C(F)(F)F)c2)cc1. The van der Waals surface area contributed by atoms with Crippen molar-refractivity contribution in [2.24, 2.45) is 0 Å². The number of para-hydroxylation sites is 1. The summed E-state index contributed by atoms with van der Waals surface area (Å²) in [4.78, 5) is 12.1. The van der Waals surface area contributed by atoms with E-state index in [9.17, 15) is 26.4 Å². The van der Waals surface area contributed by atoms with Crippen LogP contribution in [0.3, 0.4) is 0 Å². The van der Waals surface area contributed by atoms with Crippen LogP contribution >= 0.6 is 0 Å². The molecule has 0 spiro atoms. The molecule has 0 saturated heterocycles. The Morgan fingerprint density at radius 3 is 2.34 bits per heavy atom. The topological polar surface area (TPSA) is 93.7 Å². The lowest BCUT2D eigenvalue weighted by Gasteiger charge is -2.17. The van der Waals surface area contributed by atoms with E-state index in [1.165, 1.54) is 37.4 Å². The highest BCUT2D eigenvalue weighted by molar-refractivity contribution is 7.92. The van der Waals surface area contributed by atoms with Gasteiger partial charge in [0, 0.05) is 11.3 Å². The Labute approximate surface area is 200 Å². The minimum Gasteiger partial charge on any atom is -0.496 e. The van der Waals surface area contributed by atoms with E-state index in [4.69, 9.17) is 9.47 Å². The van der Waals surface area contributed by atoms with Gasteiger partial charge in [-0.15, -0.1) is 0 Å². The van der Waals surface area contributed by atoms with Gasteiger partial charge in [-0.2, -0.15) is 13.2 Å². The summed E-state index contributed by atoms with van der Waals surface area (Å²) in [6.45, 7) is 1.49. The molecule has 2 N–H and O–H groups in total. The molecule has 3 aromatic rings. The van der Waals surface area contributed by atoms with Crippen LogP contribution in [-0.4, -0.2) is 28.0 Å². The first-order valence-corrected chi connectivity index (χ1v) is 11.8. The lowest BCUT2D eigenvalue weighted by atomic mass is 10.1. The van der Waals surface area contributed by atoms with Crippen molar-refractivity contribution in [1.29, 1.82) is 0 Å². The number of alkyl halides is 3. The van der Waals surface area contributed by atoms with Gasteiger partial charge in [-0.1, -0.05) is 24.3 Å². The molecule has 0 aliphatic carbocycles. The van der Waals surface area contributed by atoms with Crippen LogP contribution in [0, 0.1) is 0 Å². The van der Waals surface area contributed by atoms with Crippen molar-refractivity contribution >= 4 is 21.6 Å². The molecule has 0 radical (unpaired) electrons. The number of hydrogen-bond acceptors (Lipinski definition) is 5. The number of nitrogens with one attached hydrogen (secondary N) is 2. The normalized spacial score (nSPS) is 12.5. The summed E-state index contributed by atoms with van der Waals surface area (Å²) in [5, 5.41) is 2.79. The summed E-state index contributed by atoms with van der Waals surface area (Å²) >= 11 is 0. The standard InChI is InChI=1S/C24H23F3N2O5S/c1-16(21-8-3-4-9-22(21)33-2)28-23(30)15-34-19-10-12-20(13-11-19)35(31,32)29-18-7-5-6-17(14-18)24(25,26)27/h3-14,16,29H,15H2,1-2H3,(H,28,30). The van der Waals surface area contributed by atoms with E-state index < -0.39 is 27.7 Å². The van der Waals surface area contributed by atoms with Crippen LogP contribution in [0.2, 0.25) is 0 Å². The summed E-state index contributed by atoms with van der Waals surface area (Å²) in [6, 6.07) is 15.9. The van der Waals surface area contributed by atoms with Crippen molar-refractivity contribution in [2.75, 3.05) is 18.4 Å². The number of ether oxygens (including phenoxy) is 2. The number of benzene rings is 3.